The van der Waals surface area contributed by atoms with Crippen molar-refractivity contribution in [3.8, 4) is 44.6 Å². The number of hydrogen-bond donors (Lipinski definition) is 0. The van der Waals surface area contributed by atoms with E-state index in [1.807, 2.05) is 11.3 Å². The molecule has 0 saturated heterocycles. The molecule has 0 saturated carbocycles. The smallest absolute Gasteiger partial charge is 0.156 e. The minimum Gasteiger partial charge on any atom is -0.291 e. The van der Waals surface area contributed by atoms with Crippen LogP contribution in [0.4, 0.5) is 0 Å². The molecule has 0 fully saturated rings. The molecular formula is C49H30N2S. The van der Waals surface area contributed by atoms with E-state index in [0.717, 1.165) is 22.4 Å². The molecule has 0 N–H and O–H groups in total. The van der Waals surface area contributed by atoms with Gasteiger partial charge in [0.1, 0.15) is 0 Å². The van der Waals surface area contributed by atoms with Gasteiger partial charge in [0, 0.05) is 15.5 Å². The molecule has 0 bridgehead atoms. The van der Waals surface area contributed by atoms with Gasteiger partial charge < -0.3 is 0 Å². The highest BCUT2D eigenvalue weighted by Gasteiger charge is 2.19. The predicted octanol–water partition coefficient (Wildman–Crippen LogP) is 13.8. The van der Waals surface area contributed by atoms with Crippen LogP contribution in [0.3, 0.4) is 0 Å². The number of nitrogens with zero attached hydrogens (tertiary/aromatic N) is 2. The first kappa shape index (κ1) is 29.2. The van der Waals surface area contributed by atoms with Crippen molar-refractivity contribution in [1.29, 1.82) is 0 Å². The van der Waals surface area contributed by atoms with Crippen LogP contribution in [0, 0.1) is 0 Å². The average molecular weight is 679 g/mol. The van der Waals surface area contributed by atoms with Crippen LogP contribution in [0.25, 0.3) is 103 Å². The number of benzene rings is 8. The van der Waals surface area contributed by atoms with Crippen LogP contribution in [0.15, 0.2) is 182 Å². The maximum Gasteiger partial charge on any atom is 0.156 e. The Kier molecular flexibility index (Phi) is 6.46. The number of imidazole rings is 1. The molecule has 242 valence electrons. The Morgan fingerprint density at radius 3 is 1.69 bits per heavy atom. The van der Waals surface area contributed by atoms with Crippen molar-refractivity contribution in [1.82, 2.24) is 9.38 Å². The van der Waals surface area contributed by atoms with Crippen molar-refractivity contribution < 1.29 is 0 Å². The van der Waals surface area contributed by atoms with Gasteiger partial charge in [0.2, 0.25) is 0 Å². The van der Waals surface area contributed by atoms with E-state index in [-0.39, 0.29) is 0 Å². The Balaban J connectivity index is 1.05. The number of hydrogen-bond acceptors (Lipinski definition) is 2. The number of para-hydroxylation sites is 2. The van der Waals surface area contributed by atoms with E-state index >= 15 is 0 Å². The second-order valence-corrected chi connectivity index (χ2v) is 14.5. The van der Waals surface area contributed by atoms with Gasteiger partial charge in [-0.2, -0.15) is 0 Å². The summed E-state index contributed by atoms with van der Waals surface area (Å²) in [6.45, 7) is 0. The van der Waals surface area contributed by atoms with Crippen molar-refractivity contribution in [2.75, 3.05) is 0 Å². The summed E-state index contributed by atoms with van der Waals surface area (Å²) in [6.07, 6.45) is 0. The zero-order valence-electron chi connectivity index (χ0n) is 28.1. The third-order valence-corrected chi connectivity index (χ3v) is 11.9. The summed E-state index contributed by atoms with van der Waals surface area (Å²) in [7, 11) is 0. The fourth-order valence-electron chi connectivity index (χ4n) is 8.09. The van der Waals surface area contributed by atoms with Crippen molar-refractivity contribution in [2.24, 2.45) is 0 Å². The highest BCUT2D eigenvalue weighted by Crippen LogP contribution is 2.44. The van der Waals surface area contributed by atoms with Gasteiger partial charge in [-0.25, -0.2) is 4.98 Å². The second kappa shape index (κ2) is 11.5. The van der Waals surface area contributed by atoms with Crippen LogP contribution in [0.1, 0.15) is 0 Å². The Hall–Kier alpha value is -6.55. The fourth-order valence-corrected chi connectivity index (χ4v) is 9.38. The maximum atomic E-state index is 5.23. The molecule has 52 heavy (non-hydrogen) atoms. The van der Waals surface area contributed by atoms with Gasteiger partial charge in [-0.05, 0) is 78.7 Å². The van der Waals surface area contributed by atoms with E-state index in [4.69, 9.17) is 4.98 Å². The van der Waals surface area contributed by atoms with E-state index in [0.29, 0.717) is 0 Å². The Morgan fingerprint density at radius 1 is 0.385 bits per heavy atom. The van der Waals surface area contributed by atoms with Crippen LogP contribution in [-0.2, 0) is 0 Å². The quantitative estimate of drug-likeness (QED) is 0.181. The monoisotopic (exact) mass is 678 g/mol. The Labute approximate surface area is 304 Å². The minimum absolute atomic E-state index is 1.01. The Bertz CT molecular complexity index is 3150. The van der Waals surface area contributed by atoms with Crippen molar-refractivity contribution >= 4 is 69.7 Å². The third-order valence-electron chi connectivity index (χ3n) is 10.6. The van der Waals surface area contributed by atoms with E-state index in [1.165, 1.54) is 80.7 Å². The fraction of sp³-hybridized carbons (Fsp3) is 0. The lowest BCUT2D eigenvalue weighted by Crippen LogP contribution is -1.93. The van der Waals surface area contributed by atoms with Crippen LogP contribution < -0.4 is 0 Å². The summed E-state index contributed by atoms with van der Waals surface area (Å²) in [5, 5.41) is 7.61. The summed E-state index contributed by atoms with van der Waals surface area (Å²) < 4.78 is 4.90. The number of thiophene rings is 1. The molecule has 0 radical (unpaired) electrons. The van der Waals surface area contributed by atoms with Gasteiger partial charge in [-0.1, -0.05) is 164 Å². The topological polar surface area (TPSA) is 17.3 Å². The molecule has 0 aliphatic rings. The van der Waals surface area contributed by atoms with Gasteiger partial charge >= 0.3 is 0 Å². The maximum absolute atomic E-state index is 5.23. The van der Waals surface area contributed by atoms with Gasteiger partial charge in [0.25, 0.3) is 0 Å². The molecule has 8 aromatic carbocycles. The molecular weight excluding hydrogens is 649 g/mol. The van der Waals surface area contributed by atoms with Gasteiger partial charge in [0.05, 0.1) is 21.4 Å². The zero-order chi connectivity index (χ0) is 34.2. The second-order valence-electron chi connectivity index (χ2n) is 13.5. The molecule has 3 heteroatoms. The largest absolute Gasteiger partial charge is 0.291 e. The first-order chi connectivity index (χ1) is 25.8. The summed E-state index contributed by atoms with van der Waals surface area (Å²) in [5.41, 5.74) is 12.8. The highest BCUT2D eigenvalue weighted by atomic mass is 32.1. The van der Waals surface area contributed by atoms with Gasteiger partial charge in [0.15, 0.2) is 5.65 Å². The van der Waals surface area contributed by atoms with E-state index < -0.39 is 0 Å². The van der Waals surface area contributed by atoms with E-state index in [9.17, 15) is 0 Å². The zero-order valence-corrected chi connectivity index (χ0v) is 28.9. The molecule has 2 nitrogen and oxygen atoms in total. The SMILES string of the molecule is c1ccc(-c2ccc(-c3ccc(-c4ccc(-c5cc6c7ccc8ccccc8c7sc6c6nc7ccccc7n56)cc4)c4ccccc34)cc2)cc1. The summed E-state index contributed by atoms with van der Waals surface area (Å²) in [4.78, 5) is 5.23. The summed E-state index contributed by atoms with van der Waals surface area (Å²) in [5.74, 6) is 0. The highest BCUT2D eigenvalue weighted by molar-refractivity contribution is 7.27. The van der Waals surface area contributed by atoms with Crippen molar-refractivity contribution in [2.45, 2.75) is 0 Å². The molecule has 0 atom stereocenters. The number of pyridine rings is 1. The van der Waals surface area contributed by atoms with Crippen LogP contribution in [0.5, 0.6) is 0 Å². The van der Waals surface area contributed by atoms with Crippen molar-refractivity contribution in [3.05, 3.63) is 182 Å². The van der Waals surface area contributed by atoms with Crippen molar-refractivity contribution in [3.63, 3.8) is 0 Å². The molecule has 11 aromatic rings. The lowest BCUT2D eigenvalue weighted by molar-refractivity contribution is 1.25. The van der Waals surface area contributed by atoms with Gasteiger partial charge in [-0.15, -0.1) is 11.3 Å². The van der Waals surface area contributed by atoms with Crippen LogP contribution in [-0.4, -0.2) is 9.38 Å². The third kappa shape index (κ3) is 4.46. The van der Waals surface area contributed by atoms with Crippen LogP contribution >= 0.6 is 11.3 Å². The minimum atomic E-state index is 1.01. The van der Waals surface area contributed by atoms with Crippen LogP contribution in [0.2, 0.25) is 0 Å². The predicted molar refractivity (Wildman–Crippen MR) is 222 cm³/mol. The normalized spacial score (nSPS) is 11.8. The summed E-state index contributed by atoms with van der Waals surface area (Å²) >= 11 is 1.86. The Morgan fingerprint density at radius 2 is 0.962 bits per heavy atom. The number of fused-ring (bicyclic) bond motifs is 10. The summed E-state index contributed by atoms with van der Waals surface area (Å²) in [6, 6.07) is 66.1. The molecule has 0 amide bonds. The molecule has 3 aromatic heterocycles. The lowest BCUT2D eigenvalue weighted by atomic mass is 9.91. The molecule has 11 rings (SSSR count). The first-order valence-corrected chi connectivity index (χ1v) is 18.5. The first-order valence-electron chi connectivity index (χ1n) is 17.7. The lowest BCUT2D eigenvalue weighted by Gasteiger charge is -2.14. The molecule has 3 heterocycles. The van der Waals surface area contributed by atoms with E-state index in [2.05, 4.69) is 186 Å². The molecule has 0 aliphatic carbocycles. The number of aromatic nitrogens is 2. The van der Waals surface area contributed by atoms with Gasteiger partial charge in [-0.3, -0.25) is 4.40 Å². The molecule has 0 unspecified atom stereocenters. The average Bonchev–Trinajstić information content (AvgIpc) is 3.80. The standard InChI is InChI=1S/C49H30N2S/c1-2-10-31(11-3-1)32-18-20-34(21-19-32)37-28-29-38(41-15-7-6-14-40(37)41)35-22-24-36(25-23-35)46-30-43-42-27-26-33-12-4-5-13-39(33)47(42)52-48(43)49-50-44-16-8-9-17-45(44)51(46)49/h1-30H. The number of rotatable bonds is 4. The van der Waals surface area contributed by atoms with E-state index in [1.54, 1.807) is 0 Å². The molecule has 0 aliphatic heterocycles. The molecule has 0 spiro atoms.